The summed E-state index contributed by atoms with van der Waals surface area (Å²) < 4.78 is 7.38. The smallest absolute Gasteiger partial charge is 0.134 e. The van der Waals surface area contributed by atoms with Gasteiger partial charge in [-0.15, -0.1) is 0 Å². The van der Waals surface area contributed by atoms with E-state index in [0.29, 0.717) is 6.54 Å². The lowest BCUT2D eigenvalue weighted by Gasteiger charge is -2.08. The van der Waals surface area contributed by atoms with Crippen molar-refractivity contribution in [2.45, 2.75) is 13.5 Å². The lowest BCUT2D eigenvalue weighted by Crippen LogP contribution is -2.01. The van der Waals surface area contributed by atoms with Gasteiger partial charge >= 0.3 is 0 Å². The molecule has 0 saturated heterocycles. The maximum atomic E-state index is 5.41. The quantitative estimate of drug-likeness (QED) is 0.847. The van der Waals surface area contributed by atoms with Gasteiger partial charge in [-0.05, 0) is 24.6 Å². The van der Waals surface area contributed by atoms with Crippen molar-refractivity contribution in [3.8, 4) is 17.6 Å². The highest BCUT2D eigenvalue weighted by molar-refractivity contribution is 5.48. The van der Waals surface area contributed by atoms with Crippen LogP contribution in [0.2, 0.25) is 0 Å². The first-order valence-corrected chi connectivity index (χ1v) is 6.08. The van der Waals surface area contributed by atoms with Crippen molar-refractivity contribution in [3.05, 3.63) is 47.5 Å². The molecule has 0 atom stereocenters. The number of aryl methyl sites for hydroxylation is 1. The van der Waals surface area contributed by atoms with E-state index in [1.165, 1.54) is 0 Å². The van der Waals surface area contributed by atoms with Crippen LogP contribution in [-0.2, 0) is 6.54 Å². The number of imidazole rings is 1. The standard InChI is InChI=1S/C15H17N3O/c1-12-17-8-9-18(12)11-13-5-6-15(19-2)14(10-13)4-3-7-16/h5-6,8-10H,7,11,16H2,1-2H3. The molecule has 0 aliphatic carbocycles. The Kier molecular flexibility index (Phi) is 4.22. The van der Waals surface area contributed by atoms with E-state index in [9.17, 15) is 0 Å². The van der Waals surface area contributed by atoms with E-state index >= 15 is 0 Å². The van der Waals surface area contributed by atoms with Gasteiger partial charge in [-0.3, -0.25) is 0 Å². The molecule has 0 spiro atoms. The van der Waals surface area contributed by atoms with Crippen LogP contribution in [0.15, 0.2) is 30.6 Å². The number of rotatable bonds is 3. The van der Waals surface area contributed by atoms with Crippen LogP contribution in [0.1, 0.15) is 17.0 Å². The second kappa shape index (κ2) is 6.07. The van der Waals surface area contributed by atoms with Crippen molar-refractivity contribution in [3.63, 3.8) is 0 Å². The Bertz CT molecular complexity index is 620. The molecule has 1 aromatic heterocycles. The van der Waals surface area contributed by atoms with Gasteiger partial charge in [0.15, 0.2) is 0 Å². The highest BCUT2D eigenvalue weighted by Gasteiger charge is 2.04. The first-order valence-electron chi connectivity index (χ1n) is 6.08. The first-order chi connectivity index (χ1) is 9.24. The van der Waals surface area contributed by atoms with E-state index in [1.54, 1.807) is 13.3 Å². The third-order valence-electron chi connectivity index (χ3n) is 2.87. The summed E-state index contributed by atoms with van der Waals surface area (Å²) in [4.78, 5) is 4.21. The van der Waals surface area contributed by atoms with E-state index in [2.05, 4.69) is 21.4 Å². The van der Waals surface area contributed by atoms with E-state index in [0.717, 1.165) is 29.2 Å². The maximum absolute atomic E-state index is 5.41. The van der Waals surface area contributed by atoms with Crippen LogP contribution in [0, 0.1) is 18.8 Å². The SMILES string of the molecule is COc1ccc(Cn2ccnc2C)cc1C#CCN. The first kappa shape index (κ1) is 13.2. The Labute approximate surface area is 113 Å². The van der Waals surface area contributed by atoms with Crippen LogP contribution in [0.25, 0.3) is 0 Å². The number of hydrogen-bond acceptors (Lipinski definition) is 3. The van der Waals surface area contributed by atoms with E-state index < -0.39 is 0 Å². The van der Waals surface area contributed by atoms with Gasteiger partial charge in [-0.1, -0.05) is 17.9 Å². The summed E-state index contributed by atoms with van der Waals surface area (Å²) in [6.45, 7) is 3.10. The number of hydrogen-bond donors (Lipinski definition) is 1. The van der Waals surface area contributed by atoms with Gasteiger partial charge in [0.1, 0.15) is 11.6 Å². The van der Waals surface area contributed by atoms with Crippen molar-refractivity contribution in [2.75, 3.05) is 13.7 Å². The Balaban J connectivity index is 2.30. The molecule has 1 aromatic carbocycles. The molecule has 0 unspecified atom stereocenters. The summed E-state index contributed by atoms with van der Waals surface area (Å²) in [6, 6.07) is 5.99. The zero-order valence-electron chi connectivity index (χ0n) is 11.2. The molecule has 0 amide bonds. The lowest BCUT2D eigenvalue weighted by atomic mass is 10.1. The molecule has 2 aromatic rings. The predicted molar refractivity (Wildman–Crippen MR) is 75.0 cm³/mol. The van der Waals surface area contributed by atoms with E-state index in [-0.39, 0.29) is 0 Å². The maximum Gasteiger partial charge on any atom is 0.134 e. The average Bonchev–Trinajstić information content (AvgIpc) is 2.82. The van der Waals surface area contributed by atoms with Crippen molar-refractivity contribution >= 4 is 0 Å². The van der Waals surface area contributed by atoms with Gasteiger partial charge in [-0.2, -0.15) is 0 Å². The number of aromatic nitrogens is 2. The molecule has 0 aliphatic rings. The van der Waals surface area contributed by atoms with E-state index in [1.807, 2.05) is 31.3 Å². The third kappa shape index (κ3) is 3.15. The van der Waals surface area contributed by atoms with Crippen molar-refractivity contribution < 1.29 is 4.74 Å². The summed E-state index contributed by atoms with van der Waals surface area (Å²) in [5.74, 6) is 7.65. The molecule has 0 radical (unpaired) electrons. The summed E-state index contributed by atoms with van der Waals surface area (Å²) in [5, 5.41) is 0. The number of benzene rings is 1. The van der Waals surface area contributed by atoms with Crippen molar-refractivity contribution in [1.29, 1.82) is 0 Å². The molecule has 2 N–H and O–H groups in total. The van der Waals surface area contributed by atoms with Crippen LogP contribution < -0.4 is 10.5 Å². The minimum Gasteiger partial charge on any atom is -0.495 e. The summed E-state index contributed by atoms with van der Waals surface area (Å²) in [6.07, 6.45) is 3.76. The highest BCUT2D eigenvalue weighted by Crippen LogP contribution is 2.19. The molecule has 1 heterocycles. The van der Waals surface area contributed by atoms with Crippen LogP contribution in [-0.4, -0.2) is 23.2 Å². The Morgan fingerprint density at radius 1 is 1.42 bits per heavy atom. The second-order valence-corrected chi connectivity index (χ2v) is 4.14. The molecule has 0 saturated carbocycles. The van der Waals surface area contributed by atoms with Gasteiger partial charge in [0, 0.05) is 18.9 Å². The fraction of sp³-hybridized carbons (Fsp3) is 0.267. The molecule has 0 aliphatic heterocycles. The molecular formula is C15H17N3O. The average molecular weight is 255 g/mol. The summed E-state index contributed by atoms with van der Waals surface area (Å²) in [5.41, 5.74) is 7.43. The van der Waals surface area contributed by atoms with Gasteiger partial charge in [-0.25, -0.2) is 4.98 Å². The van der Waals surface area contributed by atoms with Crippen LogP contribution in [0.5, 0.6) is 5.75 Å². The van der Waals surface area contributed by atoms with Gasteiger partial charge in [0.25, 0.3) is 0 Å². The fourth-order valence-corrected chi connectivity index (χ4v) is 1.86. The molecular weight excluding hydrogens is 238 g/mol. The molecule has 2 rings (SSSR count). The zero-order chi connectivity index (χ0) is 13.7. The molecule has 0 fully saturated rings. The Morgan fingerprint density at radius 2 is 2.26 bits per heavy atom. The minimum absolute atomic E-state index is 0.341. The predicted octanol–water partition coefficient (Wildman–Crippen LogP) is 1.56. The van der Waals surface area contributed by atoms with Crippen LogP contribution >= 0.6 is 0 Å². The molecule has 0 bridgehead atoms. The fourth-order valence-electron chi connectivity index (χ4n) is 1.86. The summed E-state index contributed by atoms with van der Waals surface area (Å²) in [7, 11) is 1.64. The van der Waals surface area contributed by atoms with Gasteiger partial charge in [0.2, 0.25) is 0 Å². The van der Waals surface area contributed by atoms with E-state index in [4.69, 9.17) is 10.5 Å². The zero-order valence-corrected chi connectivity index (χ0v) is 11.2. The number of ether oxygens (including phenoxy) is 1. The highest BCUT2D eigenvalue weighted by atomic mass is 16.5. The van der Waals surface area contributed by atoms with Crippen molar-refractivity contribution in [2.24, 2.45) is 5.73 Å². The number of methoxy groups -OCH3 is 1. The third-order valence-corrected chi connectivity index (χ3v) is 2.87. The molecule has 4 nitrogen and oxygen atoms in total. The number of nitrogens with zero attached hydrogens (tertiary/aromatic N) is 2. The summed E-state index contributed by atoms with van der Waals surface area (Å²) >= 11 is 0. The largest absolute Gasteiger partial charge is 0.495 e. The molecule has 4 heteroatoms. The van der Waals surface area contributed by atoms with Crippen LogP contribution in [0.3, 0.4) is 0 Å². The van der Waals surface area contributed by atoms with Gasteiger partial charge < -0.3 is 15.0 Å². The molecule has 98 valence electrons. The molecule has 19 heavy (non-hydrogen) atoms. The van der Waals surface area contributed by atoms with Gasteiger partial charge in [0.05, 0.1) is 19.2 Å². The van der Waals surface area contributed by atoms with Crippen molar-refractivity contribution in [1.82, 2.24) is 9.55 Å². The lowest BCUT2D eigenvalue weighted by molar-refractivity contribution is 0.413. The Hall–Kier alpha value is -2.25. The minimum atomic E-state index is 0.341. The normalized spacial score (nSPS) is 9.84. The Morgan fingerprint density at radius 3 is 2.89 bits per heavy atom. The van der Waals surface area contributed by atoms with Crippen LogP contribution in [0.4, 0.5) is 0 Å². The second-order valence-electron chi connectivity index (χ2n) is 4.14. The topological polar surface area (TPSA) is 53.1 Å². The number of nitrogens with two attached hydrogens (primary N) is 1. The monoisotopic (exact) mass is 255 g/mol.